The van der Waals surface area contributed by atoms with E-state index in [2.05, 4.69) is 42.4 Å². The molecule has 6 heteroatoms. The van der Waals surface area contributed by atoms with E-state index in [1.54, 1.807) is 0 Å². The molecule has 0 saturated carbocycles. The van der Waals surface area contributed by atoms with Crippen molar-refractivity contribution in [3.63, 3.8) is 0 Å². The number of likely N-dealkylation sites (tertiary alicyclic amines) is 2. The third kappa shape index (κ3) is 5.63. The highest BCUT2D eigenvalue weighted by atomic mass is 16.2. The van der Waals surface area contributed by atoms with Crippen LogP contribution in [0, 0.1) is 11.8 Å². The predicted molar refractivity (Wildman–Crippen MR) is 116 cm³/mol. The summed E-state index contributed by atoms with van der Waals surface area (Å²) in [5, 5.41) is 6.47. The van der Waals surface area contributed by atoms with Crippen molar-refractivity contribution in [2.75, 3.05) is 38.0 Å². The molecule has 2 unspecified atom stereocenters. The molecule has 0 radical (unpaired) electrons. The summed E-state index contributed by atoms with van der Waals surface area (Å²) >= 11 is 0. The third-order valence-electron chi connectivity index (χ3n) is 5.49. The molecule has 2 atom stereocenters. The fourth-order valence-corrected chi connectivity index (χ4v) is 4.30. The second-order valence-corrected chi connectivity index (χ2v) is 8.35. The molecule has 2 fully saturated rings. The minimum Gasteiger partial charge on any atom is -0.357 e. The number of hydrogen-bond donors (Lipinski definition) is 2. The van der Waals surface area contributed by atoms with E-state index in [1.807, 2.05) is 23.1 Å². The number of guanidine groups is 1. The van der Waals surface area contributed by atoms with Gasteiger partial charge >= 0.3 is 6.03 Å². The first kappa shape index (κ1) is 20.5. The maximum atomic E-state index is 12.3. The minimum absolute atomic E-state index is 0.00258. The number of aliphatic imine (C=N–C) groups is 1. The van der Waals surface area contributed by atoms with Crippen LogP contribution in [0.15, 0.2) is 29.3 Å². The SMILES string of the molecule is CCNC(=NCc1cccc(NC(=O)N2CCCC2)c1)N1CC(C)CC(C)C1. The molecule has 1 aromatic carbocycles. The van der Waals surface area contributed by atoms with Crippen LogP contribution in [0.25, 0.3) is 0 Å². The molecule has 1 aromatic rings. The molecular weight excluding hydrogens is 350 g/mol. The summed E-state index contributed by atoms with van der Waals surface area (Å²) in [6, 6.07) is 8.04. The summed E-state index contributed by atoms with van der Waals surface area (Å²) in [5.41, 5.74) is 1.95. The predicted octanol–water partition coefficient (Wildman–Crippen LogP) is 3.76. The fraction of sp³-hybridized carbons (Fsp3) is 0.636. The Hall–Kier alpha value is -2.24. The first-order valence-electron chi connectivity index (χ1n) is 10.7. The van der Waals surface area contributed by atoms with Crippen molar-refractivity contribution in [1.29, 1.82) is 0 Å². The van der Waals surface area contributed by atoms with Crippen LogP contribution >= 0.6 is 0 Å². The molecule has 6 nitrogen and oxygen atoms in total. The van der Waals surface area contributed by atoms with Crippen LogP contribution in [0.4, 0.5) is 10.5 Å². The van der Waals surface area contributed by atoms with Crippen LogP contribution in [0.2, 0.25) is 0 Å². The van der Waals surface area contributed by atoms with Gasteiger partial charge in [-0.3, -0.25) is 0 Å². The lowest BCUT2D eigenvalue weighted by molar-refractivity contribution is 0.208. The lowest BCUT2D eigenvalue weighted by Crippen LogP contribution is -2.48. The number of nitrogens with one attached hydrogen (secondary N) is 2. The quantitative estimate of drug-likeness (QED) is 0.613. The zero-order valence-corrected chi connectivity index (χ0v) is 17.6. The van der Waals surface area contributed by atoms with Gasteiger partial charge in [0.25, 0.3) is 0 Å². The van der Waals surface area contributed by atoms with Crippen molar-refractivity contribution in [3.05, 3.63) is 29.8 Å². The Balaban J connectivity index is 1.64. The van der Waals surface area contributed by atoms with Gasteiger partial charge in [-0.25, -0.2) is 9.79 Å². The number of anilines is 1. The maximum Gasteiger partial charge on any atom is 0.321 e. The summed E-state index contributed by atoms with van der Waals surface area (Å²) in [5.74, 6) is 2.38. The normalized spacial score (nSPS) is 23.0. The molecular formula is C22H35N5O. The van der Waals surface area contributed by atoms with Gasteiger partial charge < -0.3 is 20.4 Å². The van der Waals surface area contributed by atoms with Crippen molar-refractivity contribution in [1.82, 2.24) is 15.1 Å². The Morgan fingerprint density at radius 1 is 1.14 bits per heavy atom. The standard InChI is InChI=1S/C22H35N5O/c1-4-23-21(27-15-17(2)12-18(3)16-27)24-14-19-8-7-9-20(13-19)25-22(28)26-10-5-6-11-26/h7-9,13,17-18H,4-6,10-12,14-16H2,1-3H3,(H,23,24)(H,25,28). The van der Waals surface area contributed by atoms with Crippen molar-refractivity contribution in [2.24, 2.45) is 16.8 Å². The van der Waals surface area contributed by atoms with Crippen LogP contribution in [0.5, 0.6) is 0 Å². The van der Waals surface area contributed by atoms with Crippen LogP contribution in [0.3, 0.4) is 0 Å². The Morgan fingerprint density at radius 2 is 1.86 bits per heavy atom. The first-order chi connectivity index (χ1) is 13.5. The van der Waals surface area contributed by atoms with E-state index >= 15 is 0 Å². The van der Waals surface area contributed by atoms with Crippen LogP contribution < -0.4 is 10.6 Å². The van der Waals surface area contributed by atoms with E-state index in [0.29, 0.717) is 18.4 Å². The summed E-state index contributed by atoms with van der Waals surface area (Å²) in [6.07, 6.45) is 3.49. The van der Waals surface area contributed by atoms with Gasteiger partial charge in [-0.2, -0.15) is 0 Å². The van der Waals surface area contributed by atoms with E-state index < -0.39 is 0 Å². The van der Waals surface area contributed by atoms with Gasteiger partial charge in [-0.15, -0.1) is 0 Å². The van der Waals surface area contributed by atoms with Crippen molar-refractivity contribution in [3.8, 4) is 0 Å². The van der Waals surface area contributed by atoms with Crippen LogP contribution in [-0.2, 0) is 6.54 Å². The number of carbonyl (C=O) groups is 1. The Bertz CT molecular complexity index is 673. The molecule has 28 heavy (non-hydrogen) atoms. The number of carbonyl (C=O) groups excluding carboxylic acids is 1. The lowest BCUT2D eigenvalue weighted by atomic mass is 9.92. The van der Waals surface area contributed by atoms with Crippen molar-refractivity contribution in [2.45, 2.75) is 46.6 Å². The van der Waals surface area contributed by atoms with E-state index in [1.165, 1.54) is 6.42 Å². The van der Waals surface area contributed by atoms with Gasteiger partial charge in [0.05, 0.1) is 6.54 Å². The van der Waals surface area contributed by atoms with Gasteiger partial charge in [0.1, 0.15) is 0 Å². The number of urea groups is 1. The molecule has 2 aliphatic rings. The third-order valence-corrected chi connectivity index (χ3v) is 5.49. The molecule has 0 aromatic heterocycles. The number of piperidine rings is 1. The average Bonchev–Trinajstić information content (AvgIpc) is 3.19. The minimum atomic E-state index is 0.00258. The Labute approximate surface area is 169 Å². The van der Waals surface area contributed by atoms with Gasteiger partial charge in [0.2, 0.25) is 0 Å². The molecule has 0 aliphatic carbocycles. The van der Waals surface area contributed by atoms with E-state index in [0.717, 1.165) is 62.8 Å². The number of benzene rings is 1. The van der Waals surface area contributed by atoms with Gasteiger partial charge in [0.15, 0.2) is 5.96 Å². The maximum absolute atomic E-state index is 12.3. The van der Waals surface area contributed by atoms with Gasteiger partial charge in [-0.1, -0.05) is 26.0 Å². The Kier molecular flexibility index (Phi) is 7.18. The first-order valence-corrected chi connectivity index (χ1v) is 10.7. The summed E-state index contributed by atoms with van der Waals surface area (Å²) in [6.45, 7) is 12.0. The average molecular weight is 386 g/mol. The molecule has 2 aliphatic heterocycles. The van der Waals surface area contributed by atoms with Crippen LogP contribution in [-0.4, -0.2) is 54.5 Å². The number of hydrogen-bond acceptors (Lipinski definition) is 2. The fourth-order valence-electron chi connectivity index (χ4n) is 4.30. The molecule has 2 saturated heterocycles. The zero-order valence-electron chi connectivity index (χ0n) is 17.6. The van der Waals surface area contributed by atoms with Gasteiger partial charge in [-0.05, 0) is 55.7 Å². The van der Waals surface area contributed by atoms with Crippen LogP contribution in [0.1, 0.15) is 45.6 Å². The highest BCUT2D eigenvalue weighted by molar-refractivity contribution is 5.89. The Morgan fingerprint density at radius 3 is 2.54 bits per heavy atom. The second-order valence-electron chi connectivity index (χ2n) is 8.35. The lowest BCUT2D eigenvalue weighted by Gasteiger charge is -2.37. The molecule has 3 rings (SSSR count). The largest absolute Gasteiger partial charge is 0.357 e. The summed E-state index contributed by atoms with van der Waals surface area (Å²) in [4.78, 5) is 21.5. The second kappa shape index (κ2) is 9.80. The van der Waals surface area contributed by atoms with Crippen molar-refractivity contribution >= 4 is 17.7 Å². The molecule has 154 valence electrons. The molecule has 2 heterocycles. The smallest absolute Gasteiger partial charge is 0.321 e. The number of rotatable bonds is 4. The molecule has 2 N–H and O–H groups in total. The topological polar surface area (TPSA) is 60.0 Å². The highest BCUT2D eigenvalue weighted by Crippen LogP contribution is 2.21. The summed E-state index contributed by atoms with van der Waals surface area (Å²) in [7, 11) is 0. The zero-order chi connectivity index (χ0) is 19.9. The van der Waals surface area contributed by atoms with E-state index in [-0.39, 0.29) is 6.03 Å². The van der Waals surface area contributed by atoms with Crippen molar-refractivity contribution < 1.29 is 4.79 Å². The van der Waals surface area contributed by atoms with E-state index in [4.69, 9.17) is 4.99 Å². The number of amides is 2. The van der Waals surface area contributed by atoms with E-state index in [9.17, 15) is 4.79 Å². The highest BCUT2D eigenvalue weighted by Gasteiger charge is 2.24. The number of nitrogens with zero attached hydrogens (tertiary/aromatic N) is 3. The monoisotopic (exact) mass is 385 g/mol. The van der Waals surface area contributed by atoms with Gasteiger partial charge in [0, 0.05) is 38.4 Å². The molecule has 2 amide bonds. The summed E-state index contributed by atoms with van der Waals surface area (Å²) < 4.78 is 0. The molecule has 0 spiro atoms. The molecule has 0 bridgehead atoms.